The van der Waals surface area contributed by atoms with Crippen molar-refractivity contribution in [2.45, 2.75) is 51.9 Å². The van der Waals surface area contributed by atoms with Crippen LogP contribution in [-0.4, -0.2) is 25.5 Å². The number of carbonyl (C=O) groups is 1. The van der Waals surface area contributed by atoms with Crippen LogP contribution in [0.15, 0.2) is 24.3 Å². The summed E-state index contributed by atoms with van der Waals surface area (Å²) in [7, 11) is 0. The summed E-state index contributed by atoms with van der Waals surface area (Å²) < 4.78 is 42.5. The zero-order chi connectivity index (χ0) is 23.2. The van der Waals surface area contributed by atoms with Crippen molar-refractivity contribution in [1.29, 1.82) is 0 Å². The Morgan fingerprint density at radius 3 is 2.38 bits per heavy atom. The van der Waals surface area contributed by atoms with Crippen LogP contribution in [0.5, 0.6) is 0 Å². The number of nitrogens with zero attached hydrogens (tertiary/aromatic N) is 4. The maximum Gasteiger partial charge on any atom is 0.436 e. The molecule has 0 spiro atoms. The number of anilines is 1. The number of hydrogen-bond acceptors (Lipinski definition) is 3. The van der Waals surface area contributed by atoms with E-state index in [0.717, 1.165) is 28.8 Å². The number of aryl methyl sites for hydroxylation is 1. The largest absolute Gasteiger partial charge is 0.436 e. The standard InChI is InChI=1S/C21H20Cl2F3N5O/c1-11-18(12(2)30(28-11)9-13-3-7-15(22)8-4-13)27-16(32)10-31-19(14-5-6-14)17(23)20(29-31)21(24,25)26/h3-4,7-8,14H,5-6,9-10H2,1-2H3,(H,27,32). The Labute approximate surface area is 192 Å². The lowest BCUT2D eigenvalue weighted by Crippen LogP contribution is -2.22. The summed E-state index contributed by atoms with van der Waals surface area (Å²) in [5.74, 6) is -0.610. The lowest BCUT2D eigenvalue weighted by atomic mass is 10.2. The van der Waals surface area contributed by atoms with Gasteiger partial charge in [-0.05, 0) is 44.4 Å². The van der Waals surface area contributed by atoms with Crippen molar-refractivity contribution in [1.82, 2.24) is 19.6 Å². The van der Waals surface area contributed by atoms with Crippen LogP contribution in [0.3, 0.4) is 0 Å². The molecule has 1 N–H and O–H groups in total. The maximum atomic E-state index is 13.2. The molecule has 1 saturated carbocycles. The Morgan fingerprint density at radius 2 is 1.78 bits per heavy atom. The molecule has 0 aliphatic heterocycles. The van der Waals surface area contributed by atoms with Crippen LogP contribution in [0.1, 0.15) is 47.1 Å². The normalized spacial score (nSPS) is 14.1. The van der Waals surface area contributed by atoms with Gasteiger partial charge in [0.2, 0.25) is 5.91 Å². The molecule has 2 heterocycles. The van der Waals surface area contributed by atoms with Crippen LogP contribution < -0.4 is 5.32 Å². The highest BCUT2D eigenvalue weighted by atomic mass is 35.5. The third-order valence-electron chi connectivity index (χ3n) is 5.35. The summed E-state index contributed by atoms with van der Waals surface area (Å²) in [4.78, 5) is 12.7. The monoisotopic (exact) mass is 485 g/mol. The fourth-order valence-electron chi connectivity index (χ4n) is 3.61. The zero-order valence-electron chi connectivity index (χ0n) is 17.3. The van der Waals surface area contributed by atoms with E-state index >= 15 is 0 Å². The van der Waals surface area contributed by atoms with Crippen molar-refractivity contribution < 1.29 is 18.0 Å². The number of aromatic nitrogens is 4. The van der Waals surface area contributed by atoms with Gasteiger partial charge in [0.25, 0.3) is 0 Å². The van der Waals surface area contributed by atoms with Crippen LogP contribution in [0.2, 0.25) is 10.0 Å². The van der Waals surface area contributed by atoms with Crippen molar-refractivity contribution in [3.8, 4) is 0 Å². The Morgan fingerprint density at radius 1 is 1.12 bits per heavy atom. The van der Waals surface area contributed by atoms with Crippen molar-refractivity contribution in [2.24, 2.45) is 0 Å². The minimum atomic E-state index is -4.68. The van der Waals surface area contributed by atoms with E-state index in [-0.39, 0.29) is 18.2 Å². The van der Waals surface area contributed by atoms with E-state index in [2.05, 4.69) is 15.5 Å². The average Bonchev–Trinajstić information content (AvgIpc) is 3.44. The van der Waals surface area contributed by atoms with Gasteiger partial charge in [-0.3, -0.25) is 14.2 Å². The average molecular weight is 486 g/mol. The van der Waals surface area contributed by atoms with E-state index < -0.39 is 22.8 Å². The number of rotatable bonds is 6. The topological polar surface area (TPSA) is 64.7 Å². The molecule has 0 radical (unpaired) electrons. The molecule has 32 heavy (non-hydrogen) atoms. The van der Waals surface area contributed by atoms with Crippen LogP contribution in [0.25, 0.3) is 0 Å². The molecule has 1 amide bonds. The summed E-state index contributed by atoms with van der Waals surface area (Å²) in [6, 6.07) is 7.34. The van der Waals surface area contributed by atoms with Crippen molar-refractivity contribution in [2.75, 3.05) is 5.32 Å². The van der Waals surface area contributed by atoms with Gasteiger partial charge < -0.3 is 5.32 Å². The Hall–Kier alpha value is -2.52. The highest BCUT2D eigenvalue weighted by Gasteiger charge is 2.42. The highest BCUT2D eigenvalue weighted by molar-refractivity contribution is 6.32. The fraction of sp³-hybridized carbons (Fsp3) is 0.381. The molecule has 4 rings (SSSR count). The molecule has 1 aromatic carbocycles. The predicted octanol–water partition coefficient (Wildman–Crippen LogP) is 5.59. The molecule has 170 valence electrons. The van der Waals surface area contributed by atoms with Gasteiger partial charge in [0, 0.05) is 10.9 Å². The van der Waals surface area contributed by atoms with Gasteiger partial charge in [-0.25, -0.2) is 0 Å². The molecular formula is C21H20Cl2F3N5O. The lowest BCUT2D eigenvalue weighted by molar-refractivity contribution is -0.141. The molecule has 6 nitrogen and oxygen atoms in total. The molecule has 3 aromatic rings. The van der Waals surface area contributed by atoms with Gasteiger partial charge in [-0.2, -0.15) is 23.4 Å². The van der Waals surface area contributed by atoms with E-state index in [1.807, 2.05) is 19.1 Å². The molecule has 0 unspecified atom stereocenters. The molecule has 0 atom stereocenters. The van der Waals surface area contributed by atoms with Crippen LogP contribution >= 0.6 is 23.2 Å². The van der Waals surface area contributed by atoms with E-state index in [4.69, 9.17) is 23.2 Å². The van der Waals surface area contributed by atoms with Gasteiger partial charge >= 0.3 is 6.18 Å². The maximum absolute atomic E-state index is 13.2. The number of alkyl halides is 3. The Balaban J connectivity index is 1.53. The van der Waals surface area contributed by atoms with Crippen LogP contribution in [0.4, 0.5) is 18.9 Å². The second-order valence-electron chi connectivity index (χ2n) is 7.86. The molecule has 11 heteroatoms. The zero-order valence-corrected chi connectivity index (χ0v) is 18.8. The third-order valence-corrected chi connectivity index (χ3v) is 5.97. The first-order chi connectivity index (χ1) is 15.0. The second kappa shape index (κ2) is 8.44. The molecule has 1 fully saturated rings. The summed E-state index contributed by atoms with van der Waals surface area (Å²) in [6.07, 6.45) is -3.24. The van der Waals surface area contributed by atoms with Gasteiger partial charge in [0.1, 0.15) is 6.54 Å². The predicted molar refractivity (Wildman–Crippen MR) is 115 cm³/mol. The summed E-state index contributed by atoms with van der Waals surface area (Å²) in [6.45, 7) is 3.68. The Bertz CT molecular complexity index is 1160. The summed E-state index contributed by atoms with van der Waals surface area (Å²) in [5.41, 5.74) is 1.94. The fourth-order valence-corrected chi connectivity index (χ4v) is 4.13. The number of benzene rings is 1. The van der Waals surface area contributed by atoms with Crippen LogP contribution in [0, 0.1) is 13.8 Å². The summed E-state index contributed by atoms with van der Waals surface area (Å²) >= 11 is 11.9. The second-order valence-corrected chi connectivity index (χ2v) is 8.67. The smallest absolute Gasteiger partial charge is 0.321 e. The van der Waals surface area contributed by atoms with Gasteiger partial charge in [-0.1, -0.05) is 35.3 Å². The minimum Gasteiger partial charge on any atom is -0.321 e. The van der Waals surface area contributed by atoms with Gasteiger partial charge in [-0.15, -0.1) is 0 Å². The number of amides is 1. The summed E-state index contributed by atoms with van der Waals surface area (Å²) in [5, 5.41) is 11.1. The van der Waals surface area contributed by atoms with E-state index in [0.29, 0.717) is 22.9 Å². The van der Waals surface area contributed by atoms with Crippen LogP contribution in [-0.2, 0) is 24.1 Å². The minimum absolute atomic E-state index is 0.107. The first-order valence-corrected chi connectivity index (χ1v) is 10.7. The van der Waals surface area contributed by atoms with E-state index in [9.17, 15) is 18.0 Å². The highest BCUT2D eigenvalue weighted by Crippen LogP contribution is 2.46. The van der Waals surface area contributed by atoms with Crippen molar-refractivity contribution in [3.63, 3.8) is 0 Å². The van der Waals surface area contributed by atoms with E-state index in [1.165, 1.54) is 0 Å². The van der Waals surface area contributed by atoms with Gasteiger partial charge in [0.15, 0.2) is 5.69 Å². The molecule has 0 bridgehead atoms. The Kier molecular flexibility index (Phi) is 5.98. The number of nitrogens with one attached hydrogen (secondary N) is 1. The first kappa shape index (κ1) is 22.7. The lowest BCUT2D eigenvalue weighted by Gasteiger charge is -2.09. The van der Waals surface area contributed by atoms with Crippen molar-refractivity contribution >= 4 is 34.8 Å². The van der Waals surface area contributed by atoms with E-state index in [1.54, 1.807) is 23.7 Å². The van der Waals surface area contributed by atoms with Gasteiger partial charge in [0.05, 0.1) is 34.3 Å². The van der Waals surface area contributed by atoms with Crippen molar-refractivity contribution in [3.05, 3.63) is 62.6 Å². The molecular weight excluding hydrogens is 466 g/mol. The molecule has 2 aromatic heterocycles. The quantitative estimate of drug-likeness (QED) is 0.495. The number of halogens is 5. The first-order valence-electron chi connectivity index (χ1n) is 9.96. The number of hydrogen-bond donors (Lipinski definition) is 1. The number of carbonyl (C=O) groups excluding carboxylic acids is 1. The SMILES string of the molecule is Cc1nn(Cc2ccc(Cl)cc2)c(C)c1NC(=O)Cn1nc(C(F)(F)F)c(Cl)c1C1CC1. The molecule has 1 aliphatic rings. The molecule has 1 aliphatic carbocycles. The molecule has 0 saturated heterocycles. The third kappa shape index (κ3) is 4.63.